The normalized spacial score (nSPS) is 11.6. The zero-order chi connectivity index (χ0) is 22.2. The van der Waals surface area contributed by atoms with Crippen molar-refractivity contribution in [1.29, 1.82) is 0 Å². The molecule has 4 nitrogen and oxygen atoms in total. The van der Waals surface area contributed by atoms with Crippen molar-refractivity contribution in [2.24, 2.45) is 0 Å². The standard InChI is InChI=1S/C22H14Cl2F3N3O/c23-15-5-3-6-16(24)13(15)11-20-28-18-9-8-12(10-19(18)29-20)21(31)30-17-7-2-1-4-14(17)22(25,26)27/h1-10H,11H2,(H,28,29)(H,30,31). The lowest BCUT2D eigenvalue weighted by Crippen LogP contribution is -2.16. The number of halogens is 5. The van der Waals surface area contributed by atoms with E-state index in [2.05, 4.69) is 15.3 Å². The van der Waals surface area contributed by atoms with Crippen molar-refractivity contribution in [1.82, 2.24) is 9.97 Å². The van der Waals surface area contributed by atoms with Gasteiger partial charge in [0, 0.05) is 22.0 Å². The quantitative estimate of drug-likeness (QED) is 0.352. The highest BCUT2D eigenvalue weighted by atomic mass is 35.5. The Balaban J connectivity index is 1.60. The number of nitrogens with one attached hydrogen (secondary N) is 2. The lowest BCUT2D eigenvalue weighted by Gasteiger charge is -2.13. The smallest absolute Gasteiger partial charge is 0.342 e. The predicted octanol–water partition coefficient (Wildman–Crippen LogP) is 6.73. The first-order valence-electron chi connectivity index (χ1n) is 9.11. The van der Waals surface area contributed by atoms with E-state index in [0.717, 1.165) is 6.07 Å². The topological polar surface area (TPSA) is 57.8 Å². The summed E-state index contributed by atoms with van der Waals surface area (Å²) >= 11 is 12.4. The van der Waals surface area contributed by atoms with E-state index in [1.165, 1.54) is 30.3 Å². The number of benzene rings is 3. The minimum atomic E-state index is -4.58. The van der Waals surface area contributed by atoms with Gasteiger partial charge >= 0.3 is 6.18 Å². The molecule has 1 heterocycles. The Hall–Kier alpha value is -3.03. The second-order valence-corrected chi connectivity index (χ2v) is 7.60. The van der Waals surface area contributed by atoms with E-state index in [1.807, 2.05) is 0 Å². The number of H-pyrrole nitrogens is 1. The van der Waals surface area contributed by atoms with Gasteiger partial charge in [0.1, 0.15) is 5.82 Å². The zero-order valence-electron chi connectivity index (χ0n) is 15.7. The summed E-state index contributed by atoms with van der Waals surface area (Å²) in [7, 11) is 0. The minimum absolute atomic E-state index is 0.190. The zero-order valence-corrected chi connectivity index (χ0v) is 17.2. The highest BCUT2D eigenvalue weighted by Gasteiger charge is 2.33. The third-order valence-electron chi connectivity index (χ3n) is 4.68. The minimum Gasteiger partial charge on any atom is -0.342 e. The van der Waals surface area contributed by atoms with Crippen LogP contribution >= 0.6 is 23.2 Å². The molecule has 0 aliphatic carbocycles. The monoisotopic (exact) mass is 463 g/mol. The number of anilines is 1. The van der Waals surface area contributed by atoms with Gasteiger partial charge in [-0.3, -0.25) is 4.79 Å². The largest absolute Gasteiger partial charge is 0.418 e. The fourth-order valence-electron chi connectivity index (χ4n) is 3.19. The molecule has 0 aliphatic heterocycles. The Morgan fingerprint density at radius 2 is 1.71 bits per heavy atom. The van der Waals surface area contributed by atoms with Crippen molar-refractivity contribution in [3.63, 3.8) is 0 Å². The molecule has 0 saturated heterocycles. The first kappa shape index (κ1) is 21.2. The molecule has 31 heavy (non-hydrogen) atoms. The molecule has 0 fully saturated rings. The van der Waals surface area contributed by atoms with Gasteiger partial charge in [0.15, 0.2) is 0 Å². The van der Waals surface area contributed by atoms with Crippen LogP contribution in [0.15, 0.2) is 60.7 Å². The summed E-state index contributed by atoms with van der Waals surface area (Å²) < 4.78 is 39.5. The summed E-state index contributed by atoms with van der Waals surface area (Å²) in [5.74, 6) is -0.0751. The number of imidazole rings is 1. The molecule has 1 aromatic heterocycles. The Morgan fingerprint density at radius 3 is 2.42 bits per heavy atom. The van der Waals surface area contributed by atoms with Crippen LogP contribution in [-0.2, 0) is 12.6 Å². The molecule has 0 saturated carbocycles. The summed E-state index contributed by atoms with van der Waals surface area (Å²) in [5, 5.41) is 3.35. The Bertz CT molecular complexity index is 1260. The van der Waals surface area contributed by atoms with E-state index < -0.39 is 17.6 Å². The summed E-state index contributed by atoms with van der Waals surface area (Å²) in [6.07, 6.45) is -4.22. The second-order valence-electron chi connectivity index (χ2n) is 6.79. The molecular formula is C22H14Cl2F3N3O. The van der Waals surface area contributed by atoms with E-state index in [0.29, 0.717) is 38.9 Å². The molecule has 4 rings (SSSR count). The highest BCUT2D eigenvalue weighted by Crippen LogP contribution is 2.35. The summed E-state index contributed by atoms with van der Waals surface area (Å²) in [5.41, 5.74) is 0.853. The first-order chi connectivity index (χ1) is 14.7. The number of aromatic amines is 1. The van der Waals surface area contributed by atoms with Gasteiger partial charge in [-0.1, -0.05) is 41.4 Å². The lowest BCUT2D eigenvalue weighted by molar-refractivity contribution is -0.136. The van der Waals surface area contributed by atoms with Crippen LogP contribution in [0.1, 0.15) is 27.3 Å². The number of para-hydroxylation sites is 1. The van der Waals surface area contributed by atoms with Gasteiger partial charge in [0.05, 0.1) is 22.3 Å². The van der Waals surface area contributed by atoms with Crippen LogP contribution in [0.3, 0.4) is 0 Å². The molecule has 0 bridgehead atoms. The number of fused-ring (bicyclic) bond motifs is 1. The molecular weight excluding hydrogens is 450 g/mol. The molecule has 158 valence electrons. The van der Waals surface area contributed by atoms with E-state index in [9.17, 15) is 18.0 Å². The van der Waals surface area contributed by atoms with E-state index in [-0.39, 0.29) is 11.3 Å². The van der Waals surface area contributed by atoms with Crippen molar-refractivity contribution >= 4 is 45.8 Å². The van der Waals surface area contributed by atoms with Crippen molar-refractivity contribution in [3.05, 3.63) is 93.2 Å². The fourth-order valence-corrected chi connectivity index (χ4v) is 3.72. The maximum atomic E-state index is 13.2. The second kappa shape index (κ2) is 8.24. The van der Waals surface area contributed by atoms with Crippen LogP contribution < -0.4 is 5.32 Å². The van der Waals surface area contributed by atoms with Crippen LogP contribution in [0.25, 0.3) is 11.0 Å². The van der Waals surface area contributed by atoms with Crippen LogP contribution in [0.5, 0.6) is 0 Å². The number of hydrogen-bond donors (Lipinski definition) is 2. The van der Waals surface area contributed by atoms with Crippen LogP contribution in [0.4, 0.5) is 18.9 Å². The molecule has 0 aliphatic rings. The van der Waals surface area contributed by atoms with Gasteiger partial charge in [-0.2, -0.15) is 13.2 Å². The van der Waals surface area contributed by atoms with E-state index >= 15 is 0 Å². The molecule has 0 unspecified atom stereocenters. The molecule has 0 spiro atoms. The summed E-state index contributed by atoms with van der Waals surface area (Å²) in [6, 6.07) is 14.7. The lowest BCUT2D eigenvalue weighted by atomic mass is 10.1. The van der Waals surface area contributed by atoms with Crippen molar-refractivity contribution in [2.45, 2.75) is 12.6 Å². The third-order valence-corrected chi connectivity index (χ3v) is 5.39. The number of hydrogen-bond acceptors (Lipinski definition) is 2. The number of carbonyl (C=O) groups is 1. The molecule has 2 N–H and O–H groups in total. The fraction of sp³-hybridized carbons (Fsp3) is 0.0909. The first-order valence-corrected chi connectivity index (χ1v) is 9.87. The van der Waals surface area contributed by atoms with Gasteiger partial charge in [0.25, 0.3) is 5.91 Å². The number of aromatic nitrogens is 2. The van der Waals surface area contributed by atoms with Gasteiger partial charge in [-0.25, -0.2) is 4.98 Å². The number of carbonyl (C=O) groups excluding carboxylic acids is 1. The van der Waals surface area contributed by atoms with Gasteiger partial charge in [-0.15, -0.1) is 0 Å². The molecule has 1 amide bonds. The Kier molecular flexibility index (Phi) is 5.64. The number of nitrogens with zero attached hydrogens (tertiary/aromatic N) is 1. The van der Waals surface area contributed by atoms with Crippen molar-refractivity contribution < 1.29 is 18.0 Å². The highest BCUT2D eigenvalue weighted by molar-refractivity contribution is 6.36. The summed E-state index contributed by atoms with van der Waals surface area (Å²) in [6.45, 7) is 0. The molecule has 0 atom stereocenters. The third kappa shape index (κ3) is 4.52. The average molecular weight is 464 g/mol. The van der Waals surface area contributed by atoms with Crippen LogP contribution in [0.2, 0.25) is 10.0 Å². The Labute approximate surface area is 185 Å². The molecule has 3 aromatic carbocycles. The maximum Gasteiger partial charge on any atom is 0.418 e. The SMILES string of the molecule is O=C(Nc1ccccc1C(F)(F)F)c1ccc2nc(Cc3c(Cl)cccc3Cl)[nH]c2c1. The molecule has 9 heteroatoms. The number of amides is 1. The number of rotatable bonds is 4. The molecule has 0 radical (unpaired) electrons. The van der Waals surface area contributed by atoms with Gasteiger partial charge in [-0.05, 0) is 48.0 Å². The van der Waals surface area contributed by atoms with Gasteiger partial charge in [0.2, 0.25) is 0 Å². The predicted molar refractivity (Wildman–Crippen MR) is 115 cm³/mol. The van der Waals surface area contributed by atoms with Crippen molar-refractivity contribution in [3.8, 4) is 0 Å². The van der Waals surface area contributed by atoms with Crippen LogP contribution in [0, 0.1) is 0 Å². The van der Waals surface area contributed by atoms with E-state index in [4.69, 9.17) is 23.2 Å². The summed E-state index contributed by atoms with van der Waals surface area (Å²) in [4.78, 5) is 20.1. The van der Waals surface area contributed by atoms with E-state index in [1.54, 1.807) is 24.3 Å². The maximum absolute atomic E-state index is 13.2. The Morgan fingerprint density at radius 1 is 1.00 bits per heavy atom. The van der Waals surface area contributed by atoms with Crippen molar-refractivity contribution in [2.75, 3.05) is 5.32 Å². The van der Waals surface area contributed by atoms with Crippen LogP contribution in [-0.4, -0.2) is 15.9 Å². The average Bonchev–Trinajstić information content (AvgIpc) is 3.12. The molecule has 4 aromatic rings. The number of alkyl halides is 3. The van der Waals surface area contributed by atoms with Gasteiger partial charge < -0.3 is 10.3 Å².